The summed E-state index contributed by atoms with van der Waals surface area (Å²) < 4.78 is 0. The summed E-state index contributed by atoms with van der Waals surface area (Å²) in [5.74, 6) is 0. The Hall–Kier alpha value is -1.63. The molecule has 1 heterocycles. The third-order valence-corrected chi connectivity index (χ3v) is 2.91. The molecule has 1 heteroatoms. The zero-order valence-electron chi connectivity index (χ0n) is 10.3. The van der Waals surface area contributed by atoms with Gasteiger partial charge in [-0.25, -0.2) is 0 Å². The molecule has 1 aromatic heterocycles. The van der Waals surface area contributed by atoms with Crippen molar-refractivity contribution >= 4 is 0 Å². The van der Waals surface area contributed by atoms with Gasteiger partial charge in [-0.05, 0) is 30.5 Å². The van der Waals surface area contributed by atoms with Crippen molar-refractivity contribution in [2.75, 3.05) is 0 Å². The highest BCUT2D eigenvalue weighted by atomic mass is 14.7. The van der Waals surface area contributed by atoms with Gasteiger partial charge >= 0.3 is 0 Å². The Morgan fingerprint density at radius 2 is 1.82 bits per heavy atom. The van der Waals surface area contributed by atoms with E-state index in [1.807, 2.05) is 18.3 Å². The number of aromatic nitrogens is 1. The van der Waals surface area contributed by atoms with Crippen LogP contribution < -0.4 is 0 Å². The maximum atomic E-state index is 4.52. The minimum Gasteiger partial charge on any atom is -0.261 e. The van der Waals surface area contributed by atoms with E-state index >= 15 is 0 Å². The molecule has 1 aromatic carbocycles. The molecule has 2 aromatic rings. The van der Waals surface area contributed by atoms with Crippen molar-refractivity contribution in [3.05, 3.63) is 54.4 Å². The first-order chi connectivity index (χ1) is 8.40. The average molecular weight is 224 g/mol. The van der Waals surface area contributed by atoms with Crippen LogP contribution >= 0.6 is 0 Å². The number of unbranched alkanes of at least 4 members (excludes halogenated alkanes) is 2. The quantitative estimate of drug-likeness (QED) is 0.691. The van der Waals surface area contributed by atoms with E-state index in [-0.39, 0.29) is 0 Å². The van der Waals surface area contributed by atoms with Crippen molar-refractivity contribution in [1.82, 2.24) is 4.98 Å². The van der Waals surface area contributed by atoms with Gasteiger partial charge in [-0.2, -0.15) is 0 Å². The largest absolute Gasteiger partial charge is 0.261 e. The molecule has 0 saturated heterocycles. The van der Waals surface area contributed by atoms with Crippen LogP contribution in [0.5, 0.6) is 0 Å². The van der Waals surface area contributed by atoms with Crippen molar-refractivity contribution < 1.29 is 0 Å². The summed E-state index contributed by atoms with van der Waals surface area (Å²) in [6.45, 7) is 2.23. The van der Waals surface area contributed by atoms with Crippen LogP contribution in [0.4, 0.5) is 0 Å². The third kappa shape index (κ3) is 3.42. The zero-order valence-corrected chi connectivity index (χ0v) is 10.3. The molecule has 17 heavy (non-hydrogen) atoms. The van der Waals surface area contributed by atoms with Crippen LogP contribution in [0.3, 0.4) is 0 Å². The molecule has 87 valence electrons. The fraction of sp³-hybridized carbons (Fsp3) is 0.312. The van der Waals surface area contributed by atoms with Crippen molar-refractivity contribution in [3.63, 3.8) is 0 Å². The minimum atomic E-state index is 1.09. The molecule has 0 amide bonds. The van der Waals surface area contributed by atoms with Gasteiger partial charge in [-0.1, -0.05) is 50.1 Å². The van der Waals surface area contributed by atoms with Crippen LogP contribution in [0.25, 0.3) is 11.1 Å². The monoisotopic (exact) mass is 224 g/mol. The summed E-state index contributed by atoms with van der Waals surface area (Å²) in [5.41, 5.74) is 3.58. The fourth-order valence-corrected chi connectivity index (χ4v) is 1.88. The number of benzene rings is 1. The van der Waals surface area contributed by atoms with Gasteiger partial charge in [0, 0.05) is 17.5 Å². The van der Waals surface area contributed by atoms with Crippen molar-refractivity contribution in [2.24, 2.45) is 0 Å². The predicted octanol–water partition coefficient (Wildman–Crippen LogP) is 4.28. The van der Waals surface area contributed by atoms with E-state index in [1.54, 1.807) is 0 Å². The molecule has 2 rings (SSSR count). The number of rotatable bonds is 5. The third-order valence-electron chi connectivity index (χ3n) is 2.91. The topological polar surface area (TPSA) is 12.9 Å². The highest BCUT2D eigenvalue weighted by molar-refractivity contribution is 5.61. The van der Waals surface area contributed by atoms with Crippen LogP contribution in [0.15, 0.2) is 42.6 Å². The van der Waals surface area contributed by atoms with Gasteiger partial charge in [-0.3, -0.25) is 4.98 Å². The Morgan fingerprint density at radius 1 is 1.00 bits per heavy atom. The Balaban J connectivity index is 2.03. The SMILES string of the molecule is CCCCCc1ccc(-c2cc[c]cc2)cn1. The van der Waals surface area contributed by atoms with Gasteiger partial charge < -0.3 is 0 Å². The molecule has 0 atom stereocenters. The lowest BCUT2D eigenvalue weighted by atomic mass is 10.1. The molecule has 0 N–H and O–H groups in total. The lowest BCUT2D eigenvalue weighted by molar-refractivity contribution is 0.707. The first kappa shape index (κ1) is 11.8. The fourth-order valence-electron chi connectivity index (χ4n) is 1.88. The Kier molecular flexibility index (Phi) is 4.31. The second kappa shape index (κ2) is 6.19. The number of hydrogen-bond donors (Lipinski definition) is 0. The summed E-state index contributed by atoms with van der Waals surface area (Å²) in [6.07, 6.45) is 6.85. The second-order valence-electron chi connectivity index (χ2n) is 4.28. The van der Waals surface area contributed by atoms with Gasteiger partial charge in [0.05, 0.1) is 0 Å². The number of aryl methyl sites for hydroxylation is 1. The molecule has 0 spiro atoms. The van der Waals surface area contributed by atoms with Gasteiger partial charge in [0.15, 0.2) is 0 Å². The molecule has 1 nitrogen and oxygen atoms in total. The van der Waals surface area contributed by atoms with E-state index in [0.29, 0.717) is 0 Å². The maximum Gasteiger partial charge on any atom is 0.0404 e. The molecule has 0 fully saturated rings. The molecule has 0 aliphatic carbocycles. The lowest BCUT2D eigenvalue weighted by Gasteiger charge is -2.03. The van der Waals surface area contributed by atoms with E-state index in [0.717, 1.165) is 6.42 Å². The number of nitrogens with zero attached hydrogens (tertiary/aromatic N) is 1. The molecular formula is C16H18N. The standard InChI is InChI=1S/C16H18N/c1-2-3-5-10-16-12-11-15(13-17-16)14-8-6-4-7-9-14/h6-9,11-13H,2-3,5,10H2,1H3. The van der Waals surface area contributed by atoms with Crippen LogP contribution in [0.2, 0.25) is 0 Å². The smallest absolute Gasteiger partial charge is 0.0404 e. The second-order valence-corrected chi connectivity index (χ2v) is 4.28. The first-order valence-electron chi connectivity index (χ1n) is 6.31. The molecule has 1 radical (unpaired) electrons. The van der Waals surface area contributed by atoms with E-state index in [2.05, 4.69) is 42.2 Å². The summed E-state index contributed by atoms with van der Waals surface area (Å²) >= 11 is 0. The van der Waals surface area contributed by atoms with Crippen LogP contribution in [-0.2, 0) is 6.42 Å². The predicted molar refractivity (Wildman–Crippen MR) is 71.7 cm³/mol. The van der Waals surface area contributed by atoms with Crippen LogP contribution in [0, 0.1) is 6.07 Å². The van der Waals surface area contributed by atoms with Crippen LogP contribution in [0.1, 0.15) is 31.9 Å². The number of hydrogen-bond acceptors (Lipinski definition) is 1. The molecule has 0 unspecified atom stereocenters. The molecule has 0 bridgehead atoms. The highest BCUT2D eigenvalue weighted by Crippen LogP contribution is 2.18. The van der Waals surface area contributed by atoms with Crippen molar-refractivity contribution in [1.29, 1.82) is 0 Å². The van der Waals surface area contributed by atoms with E-state index < -0.39 is 0 Å². The highest BCUT2D eigenvalue weighted by Gasteiger charge is 1.98. The van der Waals surface area contributed by atoms with Crippen LogP contribution in [-0.4, -0.2) is 4.98 Å². The van der Waals surface area contributed by atoms with Crippen molar-refractivity contribution in [2.45, 2.75) is 32.6 Å². The molecular weight excluding hydrogens is 206 g/mol. The van der Waals surface area contributed by atoms with E-state index in [1.165, 1.54) is 36.1 Å². The maximum absolute atomic E-state index is 4.52. The summed E-state index contributed by atoms with van der Waals surface area (Å²) in [7, 11) is 0. The summed E-state index contributed by atoms with van der Waals surface area (Å²) in [5, 5.41) is 0. The van der Waals surface area contributed by atoms with Gasteiger partial charge in [-0.15, -0.1) is 0 Å². The molecule has 0 aliphatic heterocycles. The van der Waals surface area contributed by atoms with Gasteiger partial charge in [0.2, 0.25) is 0 Å². The van der Waals surface area contributed by atoms with Gasteiger partial charge in [0.1, 0.15) is 0 Å². The van der Waals surface area contributed by atoms with Gasteiger partial charge in [0.25, 0.3) is 0 Å². The normalized spacial score (nSPS) is 10.4. The molecule has 0 aliphatic rings. The lowest BCUT2D eigenvalue weighted by Crippen LogP contribution is -1.90. The Labute approximate surface area is 104 Å². The van der Waals surface area contributed by atoms with E-state index in [9.17, 15) is 0 Å². The van der Waals surface area contributed by atoms with E-state index in [4.69, 9.17) is 0 Å². The first-order valence-corrected chi connectivity index (χ1v) is 6.31. The summed E-state index contributed by atoms with van der Waals surface area (Å²) in [6, 6.07) is 15.3. The Bertz CT molecular complexity index is 431. The number of pyridine rings is 1. The Morgan fingerprint density at radius 3 is 2.47 bits per heavy atom. The minimum absolute atomic E-state index is 1.09. The average Bonchev–Trinajstić information content (AvgIpc) is 2.41. The summed E-state index contributed by atoms with van der Waals surface area (Å²) in [4.78, 5) is 4.52. The molecule has 0 saturated carbocycles. The zero-order chi connectivity index (χ0) is 11.9. The van der Waals surface area contributed by atoms with Crippen molar-refractivity contribution in [3.8, 4) is 11.1 Å².